The van der Waals surface area contributed by atoms with Gasteiger partial charge in [0.25, 0.3) is 0 Å². The smallest absolute Gasteiger partial charge is 0.335 e. The number of carboxylic acids is 1. The Labute approximate surface area is 193 Å². The van der Waals surface area contributed by atoms with E-state index in [4.69, 9.17) is 9.84 Å². The van der Waals surface area contributed by atoms with Gasteiger partial charge < -0.3 is 19.3 Å². The van der Waals surface area contributed by atoms with E-state index < -0.39 is 29.0 Å². The Hall–Kier alpha value is -3.40. The van der Waals surface area contributed by atoms with Crippen LogP contribution >= 0.6 is 0 Å². The molecule has 1 aliphatic heterocycles. The van der Waals surface area contributed by atoms with Crippen molar-refractivity contribution in [1.82, 2.24) is 14.5 Å². The summed E-state index contributed by atoms with van der Waals surface area (Å²) in [5.74, 6) is -4.60. The summed E-state index contributed by atoms with van der Waals surface area (Å²) in [5.41, 5.74) is 0.846. The molecule has 7 nitrogen and oxygen atoms in total. The van der Waals surface area contributed by atoms with Gasteiger partial charge in [-0.15, -0.1) is 0 Å². The molecule has 34 heavy (non-hydrogen) atoms. The number of ether oxygens (including phenoxy) is 1. The lowest BCUT2D eigenvalue weighted by Gasteiger charge is -2.29. The Bertz CT molecular complexity index is 1270. The molecule has 1 amide bonds. The van der Waals surface area contributed by atoms with Crippen LogP contribution in [0.3, 0.4) is 0 Å². The van der Waals surface area contributed by atoms with E-state index in [1.807, 2.05) is 6.07 Å². The molecule has 3 heterocycles. The highest BCUT2D eigenvalue weighted by molar-refractivity contribution is 5.84. The first-order valence-electron chi connectivity index (χ1n) is 10.8. The van der Waals surface area contributed by atoms with Gasteiger partial charge in [0.05, 0.1) is 26.1 Å². The summed E-state index contributed by atoms with van der Waals surface area (Å²) in [4.78, 5) is 30.0. The molecule has 0 aliphatic carbocycles. The summed E-state index contributed by atoms with van der Waals surface area (Å²) < 4.78 is 48.7. The van der Waals surface area contributed by atoms with Gasteiger partial charge in [0.1, 0.15) is 11.5 Å². The molecule has 0 atom stereocenters. The molecule has 0 saturated carbocycles. The molecule has 0 unspecified atom stereocenters. The van der Waals surface area contributed by atoms with Crippen LogP contribution in [-0.2, 0) is 33.8 Å². The van der Waals surface area contributed by atoms with Gasteiger partial charge in [0.15, 0.2) is 17.2 Å². The number of aliphatic carboxylic acids is 1. The molecular formula is C24H24F3N3O4. The van der Waals surface area contributed by atoms with Gasteiger partial charge in [-0.25, -0.2) is 22.9 Å². The average molecular weight is 475 g/mol. The van der Waals surface area contributed by atoms with Crippen LogP contribution < -0.4 is 0 Å². The zero-order valence-corrected chi connectivity index (χ0v) is 18.8. The number of aromatic nitrogens is 2. The van der Waals surface area contributed by atoms with E-state index in [0.717, 1.165) is 22.7 Å². The van der Waals surface area contributed by atoms with Crippen molar-refractivity contribution >= 4 is 22.9 Å². The molecule has 10 heteroatoms. The largest absolute Gasteiger partial charge is 0.479 e. The summed E-state index contributed by atoms with van der Waals surface area (Å²) in [6, 6.07) is 5.02. The number of rotatable bonds is 7. The van der Waals surface area contributed by atoms with Gasteiger partial charge in [0, 0.05) is 35.5 Å². The number of carboxylic acid groups (broad SMARTS) is 1. The Morgan fingerprint density at radius 3 is 2.65 bits per heavy atom. The Kier molecular flexibility index (Phi) is 6.35. The first-order chi connectivity index (χ1) is 16.1. The number of hydrogen-bond donors (Lipinski definition) is 1. The molecule has 0 fully saturated rings. The fourth-order valence-corrected chi connectivity index (χ4v) is 4.11. The number of carbonyl (C=O) groups excluding carboxylic acids is 1. The monoisotopic (exact) mass is 475 g/mol. The third-order valence-electron chi connectivity index (χ3n) is 6.08. The van der Waals surface area contributed by atoms with Gasteiger partial charge in [-0.2, -0.15) is 0 Å². The van der Waals surface area contributed by atoms with E-state index in [1.165, 1.54) is 13.8 Å². The second kappa shape index (κ2) is 9.09. The van der Waals surface area contributed by atoms with Crippen molar-refractivity contribution in [2.75, 3.05) is 13.2 Å². The van der Waals surface area contributed by atoms with Crippen LogP contribution in [0.25, 0.3) is 11.0 Å². The first-order valence-corrected chi connectivity index (χ1v) is 10.8. The maximum Gasteiger partial charge on any atom is 0.335 e. The van der Waals surface area contributed by atoms with Crippen LogP contribution in [0.2, 0.25) is 0 Å². The predicted octanol–water partition coefficient (Wildman–Crippen LogP) is 3.66. The van der Waals surface area contributed by atoms with E-state index in [1.54, 1.807) is 21.7 Å². The van der Waals surface area contributed by atoms with E-state index in [9.17, 15) is 22.8 Å². The van der Waals surface area contributed by atoms with Crippen LogP contribution in [0.5, 0.6) is 0 Å². The normalized spacial score (nSPS) is 13.9. The van der Waals surface area contributed by atoms with Crippen LogP contribution in [0.4, 0.5) is 13.2 Å². The lowest BCUT2D eigenvalue weighted by molar-refractivity contribution is -0.162. The number of benzene rings is 1. The first kappa shape index (κ1) is 23.7. The molecule has 0 saturated heterocycles. The molecule has 2 aromatic heterocycles. The van der Waals surface area contributed by atoms with Gasteiger partial charge in [-0.05, 0) is 44.0 Å². The summed E-state index contributed by atoms with van der Waals surface area (Å²) in [7, 11) is 0. The van der Waals surface area contributed by atoms with Gasteiger partial charge in [0.2, 0.25) is 5.91 Å². The van der Waals surface area contributed by atoms with Gasteiger partial charge in [-0.1, -0.05) is 0 Å². The highest BCUT2D eigenvalue weighted by Gasteiger charge is 2.30. The molecule has 0 bridgehead atoms. The fourth-order valence-electron chi connectivity index (χ4n) is 4.11. The topological polar surface area (TPSA) is 84.7 Å². The minimum atomic E-state index is -1.40. The standard InChI is InChI=1S/C24H24F3N3O4/c1-24(2,23(32)33)34-9-6-21(31)29-8-5-15-16-4-3-7-28-22(16)30(20(15)13-29)12-14-10-18(26)19(27)11-17(14)25/h3-4,7,10-11H,5-6,8-9,12-13H2,1-2H3,(H,32,33). The van der Waals surface area contributed by atoms with Crippen molar-refractivity contribution in [3.8, 4) is 0 Å². The number of halogens is 3. The number of amides is 1. The zero-order valence-electron chi connectivity index (χ0n) is 18.8. The van der Waals surface area contributed by atoms with E-state index >= 15 is 0 Å². The molecule has 180 valence electrons. The van der Waals surface area contributed by atoms with E-state index in [-0.39, 0.29) is 37.6 Å². The molecule has 0 spiro atoms. The highest BCUT2D eigenvalue weighted by atomic mass is 19.2. The van der Waals surface area contributed by atoms with Gasteiger partial charge >= 0.3 is 5.97 Å². The zero-order chi connectivity index (χ0) is 24.6. The fraction of sp³-hybridized carbons (Fsp3) is 0.375. The molecule has 4 rings (SSSR count). The summed E-state index contributed by atoms with van der Waals surface area (Å²) >= 11 is 0. The SMILES string of the molecule is CC(C)(OCCC(=O)N1CCc2c(n(Cc3cc(F)c(F)cc3F)c3ncccc23)C1)C(=O)O. The van der Waals surface area contributed by atoms with Gasteiger partial charge in [-0.3, -0.25) is 4.79 Å². The Morgan fingerprint density at radius 2 is 1.91 bits per heavy atom. The minimum absolute atomic E-state index is 0.00230. The van der Waals surface area contributed by atoms with Crippen molar-refractivity contribution in [2.45, 2.75) is 45.4 Å². The quantitative estimate of drug-likeness (QED) is 0.528. The molecule has 3 aromatic rings. The number of carbonyl (C=O) groups is 2. The second-order valence-electron chi connectivity index (χ2n) is 8.72. The van der Waals surface area contributed by atoms with Crippen molar-refractivity contribution in [3.05, 3.63) is 64.7 Å². The van der Waals surface area contributed by atoms with E-state index in [2.05, 4.69) is 4.98 Å². The van der Waals surface area contributed by atoms with Crippen molar-refractivity contribution < 1.29 is 32.6 Å². The Morgan fingerprint density at radius 1 is 1.18 bits per heavy atom. The Balaban J connectivity index is 1.59. The molecular weight excluding hydrogens is 451 g/mol. The van der Waals surface area contributed by atoms with Crippen molar-refractivity contribution in [1.29, 1.82) is 0 Å². The average Bonchev–Trinajstić information content (AvgIpc) is 3.10. The number of fused-ring (bicyclic) bond motifs is 3. The molecule has 0 radical (unpaired) electrons. The molecule has 1 aliphatic rings. The van der Waals surface area contributed by atoms with Crippen LogP contribution in [0.1, 0.15) is 37.1 Å². The highest BCUT2D eigenvalue weighted by Crippen LogP contribution is 2.31. The summed E-state index contributed by atoms with van der Waals surface area (Å²) in [5, 5.41) is 10.00. The second-order valence-corrected chi connectivity index (χ2v) is 8.72. The van der Waals surface area contributed by atoms with Crippen molar-refractivity contribution in [3.63, 3.8) is 0 Å². The van der Waals surface area contributed by atoms with Crippen LogP contribution in [-0.4, -0.2) is 50.2 Å². The number of hydrogen-bond acceptors (Lipinski definition) is 4. The van der Waals surface area contributed by atoms with Crippen molar-refractivity contribution in [2.24, 2.45) is 0 Å². The lowest BCUT2D eigenvalue weighted by Crippen LogP contribution is -2.39. The minimum Gasteiger partial charge on any atom is -0.479 e. The van der Waals surface area contributed by atoms with E-state index in [0.29, 0.717) is 24.7 Å². The number of nitrogens with zero attached hydrogens (tertiary/aromatic N) is 3. The molecule has 1 aromatic carbocycles. The number of pyridine rings is 1. The maximum atomic E-state index is 14.4. The summed E-state index contributed by atoms with van der Waals surface area (Å²) in [6.45, 7) is 3.36. The van der Waals surface area contributed by atoms with Crippen LogP contribution in [0, 0.1) is 17.5 Å². The summed E-state index contributed by atoms with van der Waals surface area (Å²) in [6.07, 6.45) is 2.14. The van der Waals surface area contributed by atoms with Crippen LogP contribution in [0.15, 0.2) is 30.5 Å². The maximum absolute atomic E-state index is 14.4. The third-order valence-corrected chi connectivity index (χ3v) is 6.08. The third kappa shape index (κ3) is 4.50. The predicted molar refractivity (Wildman–Crippen MR) is 117 cm³/mol. The lowest BCUT2D eigenvalue weighted by atomic mass is 10.0. The molecule has 1 N–H and O–H groups in total.